The van der Waals surface area contributed by atoms with Crippen LogP contribution in [0.4, 0.5) is 22.0 Å². The number of rotatable bonds is 3. The van der Waals surface area contributed by atoms with E-state index < -0.39 is 38.4 Å². The maximum atomic E-state index is 14.2. The summed E-state index contributed by atoms with van der Waals surface area (Å²) in [6.45, 7) is 0. The van der Waals surface area contributed by atoms with Crippen molar-refractivity contribution < 1.29 is 30.4 Å². The molecule has 0 amide bonds. The Balaban J connectivity index is 2.23. The van der Waals surface area contributed by atoms with Crippen molar-refractivity contribution in [1.29, 1.82) is 0 Å². The van der Waals surface area contributed by atoms with Gasteiger partial charge in [-0.1, -0.05) is 18.2 Å². The predicted octanol–water partition coefficient (Wildman–Crippen LogP) is 4.44. The molecule has 142 valence electrons. The number of alkyl halides is 3. The van der Waals surface area contributed by atoms with Gasteiger partial charge in [-0.2, -0.15) is 13.2 Å². The lowest BCUT2D eigenvalue weighted by Gasteiger charge is -2.06. The van der Waals surface area contributed by atoms with Crippen molar-refractivity contribution in [3.05, 3.63) is 59.9 Å². The average molecular weight is 402 g/mol. The molecule has 0 bridgehead atoms. The SMILES string of the molecule is CS(=O)(=O)c1ccc(-c2nc(C(F)(F)F)[nH]c2-c2cccc(F)c2)cc1F. The fraction of sp³-hybridized carbons (Fsp3) is 0.118. The zero-order valence-corrected chi connectivity index (χ0v) is 14.4. The van der Waals surface area contributed by atoms with Crippen molar-refractivity contribution in [3.63, 3.8) is 0 Å². The van der Waals surface area contributed by atoms with Gasteiger partial charge in [-0.25, -0.2) is 22.2 Å². The van der Waals surface area contributed by atoms with Gasteiger partial charge in [0.15, 0.2) is 9.84 Å². The summed E-state index contributed by atoms with van der Waals surface area (Å²) in [4.78, 5) is 4.96. The molecule has 0 saturated heterocycles. The third-order valence-corrected chi connectivity index (χ3v) is 4.82. The van der Waals surface area contributed by atoms with Crippen molar-refractivity contribution in [2.75, 3.05) is 6.26 Å². The van der Waals surface area contributed by atoms with Gasteiger partial charge in [0.05, 0.1) is 11.4 Å². The molecule has 10 heteroatoms. The second kappa shape index (κ2) is 6.45. The Labute approximate surface area is 150 Å². The Bertz CT molecular complexity index is 1120. The first-order valence-electron chi connectivity index (χ1n) is 7.40. The molecule has 1 heterocycles. The lowest BCUT2D eigenvalue weighted by atomic mass is 10.0. The van der Waals surface area contributed by atoms with Crippen molar-refractivity contribution in [3.8, 4) is 22.5 Å². The van der Waals surface area contributed by atoms with Crippen molar-refractivity contribution in [2.24, 2.45) is 0 Å². The van der Waals surface area contributed by atoms with Gasteiger partial charge in [0, 0.05) is 17.4 Å². The Kier molecular flexibility index (Phi) is 4.54. The van der Waals surface area contributed by atoms with Crippen LogP contribution < -0.4 is 0 Å². The van der Waals surface area contributed by atoms with E-state index in [0.717, 1.165) is 36.6 Å². The fourth-order valence-corrected chi connectivity index (χ4v) is 3.25. The number of benzene rings is 2. The quantitative estimate of drug-likeness (QED) is 0.659. The van der Waals surface area contributed by atoms with Crippen LogP contribution in [-0.4, -0.2) is 24.6 Å². The molecule has 0 aliphatic carbocycles. The summed E-state index contributed by atoms with van der Waals surface area (Å²) in [5, 5.41) is 0. The third-order valence-electron chi connectivity index (χ3n) is 3.69. The van der Waals surface area contributed by atoms with E-state index in [1.54, 1.807) is 0 Å². The zero-order valence-electron chi connectivity index (χ0n) is 13.6. The molecule has 1 N–H and O–H groups in total. The minimum absolute atomic E-state index is 0.0700. The first kappa shape index (κ1) is 19.0. The van der Waals surface area contributed by atoms with Gasteiger partial charge in [-0.3, -0.25) is 0 Å². The van der Waals surface area contributed by atoms with Gasteiger partial charge in [0.25, 0.3) is 0 Å². The van der Waals surface area contributed by atoms with E-state index in [4.69, 9.17) is 0 Å². The first-order chi connectivity index (χ1) is 12.5. The number of hydrogen-bond acceptors (Lipinski definition) is 3. The van der Waals surface area contributed by atoms with Crippen LogP contribution in [0.3, 0.4) is 0 Å². The number of nitrogens with zero attached hydrogens (tertiary/aromatic N) is 1. The second-order valence-corrected chi connectivity index (χ2v) is 7.72. The monoisotopic (exact) mass is 402 g/mol. The summed E-state index contributed by atoms with van der Waals surface area (Å²) in [5.41, 5.74) is -0.480. The lowest BCUT2D eigenvalue weighted by molar-refractivity contribution is -0.144. The van der Waals surface area contributed by atoms with Gasteiger partial charge in [-0.15, -0.1) is 0 Å². The highest BCUT2D eigenvalue weighted by Crippen LogP contribution is 2.36. The zero-order chi connectivity index (χ0) is 20.0. The molecule has 0 unspecified atom stereocenters. The van der Waals surface area contributed by atoms with Crippen LogP contribution in [0, 0.1) is 11.6 Å². The van der Waals surface area contributed by atoms with Gasteiger partial charge >= 0.3 is 6.18 Å². The minimum atomic E-state index is -4.81. The Morgan fingerprint density at radius 1 is 1.00 bits per heavy atom. The molecule has 27 heavy (non-hydrogen) atoms. The van der Waals surface area contributed by atoms with Gasteiger partial charge < -0.3 is 4.98 Å². The van der Waals surface area contributed by atoms with E-state index in [2.05, 4.69) is 9.97 Å². The summed E-state index contributed by atoms with van der Waals surface area (Å²) in [5.74, 6) is -3.15. The number of halogens is 5. The van der Waals surface area contributed by atoms with Crippen LogP contribution in [0.15, 0.2) is 47.4 Å². The van der Waals surface area contributed by atoms with E-state index in [0.29, 0.717) is 0 Å². The van der Waals surface area contributed by atoms with Gasteiger partial charge in [0.1, 0.15) is 16.5 Å². The van der Waals surface area contributed by atoms with Crippen molar-refractivity contribution >= 4 is 9.84 Å². The highest BCUT2D eigenvalue weighted by atomic mass is 32.2. The molecule has 4 nitrogen and oxygen atoms in total. The highest BCUT2D eigenvalue weighted by molar-refractivity contribution is 7.90. The number of imidazole rings is 1. The molecule has 0 radical (unpaired) electrons. The standard InChI is InChI=1S/C17H11F5N2O2S/c1-27(25,26)13-6-5-10(8-12(13)19)15-14(9-3-2-4-11(18)7-9)23-16(24-15)17(20,21)22/h2-8H,1H3,(H,23,24). The molecule has 1 aromatic heterocycles. The molecule has 0 saturated carbocycles. The first-order valence-corrected chi connectivity index (χ1v) is 9.29. The highest BCUT2D eigenvalue weighted by Gasteiger charge is 2.36. The number of hydrogen-bond donors (Lipinski definition) is 1. The number of sulfone groups is 1. The number of H-pyrrole nitrogens is 1. The van der Waals surface area contributed by atoms with E-state index in [-0.39, 0.29) is 22.5 Å². The van der Waals surface area contributed by atoms with Gasteiger partial charge in [0.2, 0.25) is 5.82 Å². The fourth-order valence-electron chi connectivity index (χ4n) is 2.52. The van der Waals surface area contributed by atoms with Crippen LogP contribution in [0.25, 0.3) is 22.5 Å². The van der Waals surface area contributed by atoms with Crippen LogP contribution in [0.2, 0.25) is 0 Å². The topological polar surface area (TPSA) is 62.8 Å². The minimum Gasteiger partial charge on any atom is -0.334 e. The molecular weight excluding hydrogens is 391 g/mol. The molecular formula is C17H11F5N2O2S. The number of nitrogens with one attached hydrogen (secondary N) is 1. The van der Waals surface area contributed by atoms with Crippen LogP contribution in [0.5, 0.6) is 0 Å². The largest absolute Gasteiger partial charge is 0.449 e. The summed E-state index contributed by atoms with van der Waals surface area (Å²) in [6, 6.07) is 7.63. The van der Waals surface area contributed by atoms with Crippen molar-refractivity contribution in [1.82, 2.24) is 9.97 Å². The predicted molar refractivity (Wildman–Crippen MR) is 87.5 cm³/mol. The van der Waals surface area contributed by atoms with Gasteiger partial charge in [-0.05, 0) is 24.3 Å². The van der Waals surface area contributed by atoms with E-state index >= 15 is 0 Å². The van der Waals surface area contributed by atoms with E-state index in [1.807, 2.05) is 0 Å². The molecule has 0 spiro atoms. The van der Waals surface area contributed by atoms with Crippen molar-refractivity contribution in [2.45, 2.75) is 11.1 Å². The summed E-state index contributed by atoms with van der Waals surface area (Å²) < 4.78 is 89.9. The third kappa shape index (κ3) is 3.85. The summed E-state index contributed by atoms with van der Waals surface area (Å²) in [6.07, 6.45) is -4.01. The normalized spacial score (nSPS) is 12.4. The Morgan fingerprint density at radius 3 is 2.26 bits per heavy atom. The second-order valence-electron chi connectivity index (χ2n) is 5.73. The molecule has 3 aromatic rings. The number of aromatic amines is 1. The molecule has 0 aliphatic heterocycles. The Morgan fingerprint density at radius 2 is 1.70 bits per heavy atom. The smallest absolute Gasteiger partial charge is 0.334 e. The molecule has 2 aromatic carbocycles. The Hall–Kier alpha value is -2.75. The van der Waals surface area contributed by atoms with Crippen LogP contribution in [0.1, 0.15) is 5.82 Å². The maximum absolute atomic E-state index is 14.2. The van der Waals surface area contributed by atoms with Crippen LogP contribution >= 0.6 is 0 Å². The molecule has 3 rings (SSSR count). The van der Waals surface area contributed by atoms with E-state index in [9.17, 15) is 30.4 Å². The molecule has 0 fully saturated rings. The number of aromatic nitrogens is 2. The summed E-state index contributed by atoms with van der Waals surface area (Å²) >= 11 is 0. The molecule has 0 aliphatic rings. The average Bonchev–Trinajstić information content (AvgIpc) is 2.99. The van der Waals surface area contributed by atoms with Crippen LogP contribution in [-0.2, 0) is 16.0 Å². The van der Waals surface area contributed by atoms with E-state index in [1.165, 1.54) is 12.1 Å². The lowest BCUT2D eigenvalue weighted by Crippen LogP contribution is -2.07. The summed E-state index contributed by atoms with van der Waals surface area (Å²) in [7, 11) is -3.85. The maximum Gasteiger partial charge on any atom is 0.449 e. The molecule has 0 atom stereocenters.